The molecule has 6 nitrogen and oxygen atoms in total. The van der Waals surface area contributed by atoms with Crippen molar-refractivity contribution in [3.05, 3.63) is 35.4 Å². The summed E-state index contributed by atoms with van der Waals surface area (Å²) in [4.78, 5) is 35.4. The van der Waals surface area contributed by atoms with Gasteiger partial charge in [-0.15, -0.1) is 0 Å². The second-order valence-electron chi connectivity index (χ2n) is 6.34. The first kappa shape index (κ1) is 18.0. The molecular formula is C18H24N2O4. The van der Waals surface area contributed by atoms with Crippen molar-refractivity contribution >= 4 is 17.8 Å². The SMILES string of the molecule is CCC(CC)(CC(=O)O)NC(=O)c1ccc(C(=O)NC2CC2)cc1. The Morgan fingerprint density at radius 1 is 1.04 bits per heavy atom. The van der Waals surface area contributed by atoms with Crippen molar-refractivity contribution in [2.45, 2.75) is 57.5 Å². The first-order valence-corrected chi connectivity index (χ1v) is 8.34. The maximum Gasteiger partial charge on any atom is 0.305 e. The zero-order valence-electron chi connectivity index (χ0n) is 14.1. The molecule has 0 aliphatic heterocycles. The Balaban J connectivity index is 2.05. The number of carbonyl (C=O) groups excluding carboxylic acids is 2. The van der Waals surface area contributed by atoms with E-state index in [1.807, 2.05) is 13.8 Å². The van der Waals surface area contributed by atoms with Gasteiger partial charge >= 0.3 is 5.97 Å². The second-order valence-corrected chi connectivity index (χ2v) is 6.34. The van der Waals surface area contributed by atoms with Crippen LogP contribution in [0.4, 0.5) is 0 Å². The van der Waals surface area contributed by atoms with Crippen LogP contribution in [0.3, 0.4) is 0 Å². The average Bonchev–Trinajstić information content (AvgIpc) is 3.37. The summed E-state index contributed by atoms with van der Waals surface area (Å²) in [7, 11) is 0. The van der Waals surface area contributed by atoms with Gasteiger partial charge in [0, 0.05) is 17.2 Å². The van der Waals surface area contributed by atoms with Crippen molar-refractivity contribution in [2.75, 3.05) is 0 Å². The highest BCUT2D eigenvalue weighted by Gasteiger charge is 2.31. The summed E-state index contributed by atoms with van der Waals surface area (Å²) in [6.07, 6.45) is 2.98. The number of carbonyl (C=O) groups is 3. The number of hydrogen-bond donors (Lipinski definition) is 3. The Morgan fingerprint density at radius 2 is 1.54 bits per heavy atom. The molecule has 0 saturated heterocycles. The number of aliphatic carboxylic acids is 1. The Hall–Kier alpha value is -2.37. The van der Waals surface area contributed by atoms with Gasteiger partial charge in [0.05, 0.1) is 12.0 Å². The van der Waals surface area contributed by atoms with E-state index in [4.69, 9.17) is 5.11 Å². The topological polar surface area (TPSA) is 95.5 Å². The normalized spacial score (nSPS) is 14.1. The average molecular weight is 332 g/mol. The minimum atomic E-state index is -0.939. The van der Waals surface area contributed by atoms with E-state index in [0.29, 0.717) is 24.0 Å². The molecule has 0 bridgehead atoms. The van der Waals surface area contributed by atoms with Gasteiger partial charge in [-0.1, -0.05) is 13.8 Å². The third-order valence-electron chi connectivity index (χ3n) is 4.54. The summed E-state index contributed by atoms with van der Waals surface area (Å²) >= 11 is 0. The van der Waals surface area contributed by atoms with E-state index in [-0.39, 0.29) is 24.3 Å². The third-order valence-corrected chi connectivity index (χ3v) is 4.54. The molecule has 0 unspecified atom stereocenters. The third kappa shape index (κ3) is 4.57. The summed E-state index contributed by atoms with van der Waals surface area (Å²) in [6, 6.07) is 6.70. The Labute approximate surface area is 141 Å². The Bertz CT molecular complexity index is 616. The van der Waals surface area contributed by atoms with Crippen LogP contribution in [-0.2, 0) is 4.79 Å². The molecule has 1 aliphatic rings. The van der Waals surface area contributed by atoms with Crippen LogP contribution in [0.15, 0.2) is 24.3 Å². The summed E-state index contributed by atoms with van der Waals surface area (Å²) in [5, 5.41) is 14.8. The van der Waals surface area contributed by atoms with Gasteiger partial charge < -0.3 is 15.7 Å². The highest BCUT2D eigenvalue weighted by molar-refractivity contribution is 5.98. The van der Waals surface area contributed by atoms with E-state index in [1.165, 1.54) is 0 Å². The molecule has 0 heterocycles. The Kier molecular flexibility index (Phi) is 5.59. The van der Waals surface area contributed by atoms with Crippen LogP contribution in [0, 0.1) is 0 Å². The highest BCUT2D eigenvalue weighted by atomic mass is 16.4. The molecule has 0 aromatic heterocycles. The molecule has 1 aromatic rings. The van der Waals surface area contributed by atoms with Gasteiger partial charge in [-0.2, -0.15) is 0 Å². The number of benzene rings is 1. The molecule has 1 aliphatic carbocycles. The quantitative estimate of drug-likeness (QED) is 0.681. The first-order valence-electron chi connectivity index (χ1n) is 8.34. The van der Waals surface area contributed by atoms with Crippen LogP contribution in [0.2, 0.25) is 0 Å². The van der Waals surface area contributed by atoms with Gasteiger partial charge in [0.15, 0.2) is 0 Å². The lowest BCUT2D eigenvalue weighted by Crippen LogP contribution is -2.49. The molecule has 1 aromatic carbocycles. The number of amides is 2. The summed E-state index contributed by atoms with van der Waals surface area (Å²) < 4.78 is 0. The summed E-state index contributed by atoms with van der Waals surface area (Å²) in [6.45, 7) is 3.72. The largest absolute Gasteiger partial charge is 0.481 e. The first-order chi connectivity index (χ1) is 11.4. The molecule has 1 fully saturated rings. The predicted molar refractivity (Wildman–Crippen MR) is 90.0 cm³/mol. The molecule has 2 rings (SSSR count). The summed E-state index contributed by atoms with van der Waals surface area (Å²) in [5.41, 5.74) is 0.168. The molecule has 0 atom stereocenters. The molecule has 2 amide bonds. The molecule has 6 heteroatoms. The smallest absolute Gasteiger partial charge is 0.305 e. The summed E-state index contributed by atoms with van der Waals surface area (Å²) in [5.74, 6) is -1.40. The molecule has 1 saturated carbocycles. The van der Waals surface area contributed by atoms with Crippen LogP contribution >= 0.6 is 0 Å². The predicted octanol–water partition coefficient (Wildman–Crippen LogP) is 2.34. The van der Waals surface area contributed by atoms with E-state index in [0.717, 1.165) is 12.8 Å². The van der Waals surface area contributed by atoms with Gasteiger partial charge in [0.1, 0.15) is 0 Å². The fourth-order valence-electron chi connectivity index (χ4n) is 2.59. The number of carboxylic acid groups (broad SMARTS) is 1. The van der Waals surface area contributed by atoms with Crippen LogP contribution < -0.4 is 10.6 Å². The number of hydrogen-bond acceptors (Lipinski definition) is 3. The number of rotatable bonds is 8. The highest BCUT2D eigenvalue weighted by Crippen LogP contribution is 2.21. The van der Waals surface area contributed by atoms with Crippen molar-refractivity contribution in [3.8, 4) is 0 Å². The van der Waals surface area contributed by atoms with Gasteiger partial charge in [0.2, 0.25) is 0 Å². The minimum Gasteiger partial charge on any atom is -0.481 e. The van der Waals surface area contributed by atoms with Crippen LogP contribution in [0.25, 0.3) is 0 Å². The van der Waals surface area contributed by atoms with Crippen LogP contribution in [0.5, 0.6) is 0 Å². The molecule has 0 radical (unpaired) electrons. The van der Waals surface area contributed by atoms with Crippen molar-refractivity contribution in [2.24, 2.45) is 0 Å². The zero-order valence-corrected chi connectivity index (χ0v) is 14.1. The molecule has 24 heavy (non-hydrogen) atoms. The zero-order chi connectivity index (χ0) is 17.7. The number of nitrogens with one attached hydrogen (secondary N) is 2. The maximum absolute atomic E-state index is 12.4. The van der Waals surface area contributed by atoms with E-state index in [9.17, 15) is 14.4 Å². The second kappa shape index (κ2) is 7.47. The maximum atomic E-state index is 12.4. The van der Waals surface area contributed by atoms with E-state index in [1.54, 1.807) is 24.3 Å². The molecule has 3 N–H and O–H groups in total. The van der Waals surface area contributed by atoms with Gasteiger partial charge in [0.25, 0.3) is 11.8 Å². The van der Waals surface area contributed by atoms with E-state index >= 15 is 0 Å². The van der Waals surface area contributed by atoms with E-state index < -0.39 is 11.5 Å². The van der Waals surface area contributed by atoms with Gasteiger partial charge in [-0.25, -0.2) is 0 Å². The Morgan fingerprint density at radius 3 is 1.96 bits per heavy atom. The van der Waals surface area contributed by atoms with Crippen LogP contribution in [0.1, 0.15) is 66.7 Å². The lowest BCUT2D eigenvalue weighted by molar-refractivity contribution is -0.138. The molecule has 0 spiro atoms. The number of carboxylic acids is 1. The van der Waals surface area contributed by atoms with Gasteiger partial charge in [-0.3, -0.25) is 14.4 Å². The van der Waals surface area contributed by atoms with Crippen molar-refractivity contribution in [1.29, 1.82) is 0 Å². The molecular weight excluding hydrogens is 308 g/mol. The minimum absolute atomic E-state index is 0.117. The van der Waals surface area contributed by atoms with Gasteiger partial charge in [-0.05, 0) is 49.9 Å². The van der Waals surface area contributed by atoms with Crippen molar-refractivity contribution in [3.63, 3.8) is 0 Å². The lowest BCUT2D eigenvalue weighted by atomic mass is 9.88. The van der Waals surface area contributed by atoms with Crippen molar-refractivity contribution < 1.29 is 19.5 Å². The fourth-order valence-corrected chi connectivity index (χ4v) is 2.59. The van der Waals surface area contributed by atoms with Crippen LogP contribution in [-0.4, -0.2) is 34.5 Å². The monoisotopic (exact) mass is 332 g/mol. The fraction of sp³-hybridized carbons (Fsp3) is 0.500. The lowest BCUT2D eigenvalue weighted by Gasteiger charge is -2.31. The standard InChI is InChI=1S/C18H24N2O4/c1-3-18(4-2,11-15(21)22)20-17(24)13-7-5-12(6-8-13)16(23)19-14-9-10-14/h5-8,14H,3-4,9-11H2,1-2H3,(H,19,23)(H,20,24)(H,21,22). The van der Waals surface area contributed by atoms with Crippen molar-refractivity contribution in [1.82, 2.24) is 10.6 Å². The van der Waals surface area contributed by atoms with E-state index in [2.05, 4.69) is 10.6 Å². The molecule has 130 valence electrons.